The summed E-state index contributed by atoms with van der Waals surface area (Å²) < 4.78 is 12.0. The fourth-order valence-corrected chi connectivity index (χ4v) is 2.45. The maximum absolute atomic E-state index is 12.4. The first kappa shape index (κ1) is 14.3. The van der Waals surface area contributed by atoms with Gasteiger partial charge < -0.3 is 14.4 Å². The van der Waals surface area contributed by atoms with E-state index in [9.17, 15) is 4.79 Å². The number of hydrogen-bond donors (Lipinski definition) is 0. The summed E-state index contributed by atoms with van der Waals surface area (Å²) in [4.78, 5) is 14.1. The van der Waals surface area contributed by atoms with E-state index in [0.29, 0.717) is 12.3 Å². The number of nitrogens with zero attached hydrogens (tertiary/aromatic N) is 1. The maximum Gasteiger partial charge on any atom is 0.256 e. The maximum atomic E-state index is 12.4. The molecule has 1 atom stereocenters. The molecule has 1 aliphatic heterocycles. The second kappa shape index (κ2) is 5.13. The van der Waals surface area contributed by atoms with E-state index in [2.05, 4.69) is 15.9 Å². The van der Waals surface area contributed by atoms with Crippen LogP contribution in [-0.2, 0) is 9.53 Å². The lowest BCUT2D eigenvalue weighted by Crippen LogP contribution is -2.51. The molecule has 0 saturated carbocycles. The molecule has 4 nitrogen and oxygen atoms in total. The summed E-state index contributed by atoms with van der Waals surface area (Å²) in [5.74, 6) is 0.657. The van der Waals surface area contributed by atoms with E-state index < -0.39 is 11.7 Å². The molecular weight excluding hydrogens is 310 g/mol. The number of benzene rings is 1. The minimum absolute atomic E-state index is 0.0533. The smallest absolute Gasteiger partial charge is 0.256 e. The fourth-order valence-electron chi connectivity index (χ4n) is 2.11. The van der Waals surface area contributed by atoms with Crippen molar-refractivity contribution < 1.29 is 14.3 Å². The lowest BCUT2D eigenvalue weighted by molar-refractivity contribution is -0.128. The summed E-state index contributed by atoms with van der Waals surface area (Å²) in [5.41, 5.74) is 0.369. The summed E-state index contributed by atoms with van der Waals surface area (Å²) in [6, 6.07) is 5.67. The Labute approximate surface area is 121 Å². The highest BCUT2D eigenvalue weighted by Crippen LogP contribution is 2.39. The van der Waals surface area contributed by atoms with Crippen molar-refractivity contribution >= 4 is 27.5 Å². The number of anilines is 1. The minimum Gasteiger partial charge on any atom is -0.484 e. The van der Waals surface area contributed by atoms with Crippen LogP contribution < -0.4 is 9.64 Å². The van der Waals surface area contributed by atoms with Crippen molar-refractivity contribution in [1.29, 1.82) is 0 Å². The van der Waals surface area contributed by atoms with E-state index in [1.165, 1.54) is 7.11 Å². The van der Waals surface area contributed by atoms with Crippen molar-refractivity contribution in [2.45, 2.75) is 32.5 Å². The minimum atomic E-state index is -0.467. The third kappa shape index (κ3) is 2.92. The standard InChI is InChI=1S/C14H18BrNO3/c1-9(18-4)13(17)16-8-14(2,3)19-12-7-10(15)5-6-11(12)16/h5-7,9H,8H2,1-4H3. The number of halogens is 1. The molecule has 1 amide bonds. The quantitative estimate of drug-likeness (QED) is 0.838. The van der Waals surface area contributed by atoms with Gasteiger partial charge in [-0.1, -0.05) is 15.9 Å². The Balaban J connectivity index is 2.43. The Morgan fingerprint density at radius 3 is 2.84 bits per heavy atom. The Morgan fingerprint density at radius 1 is 1.53 bits per heavy atom. The van der Waals surface area contributed by atoms with E-state index >= 15 is 0 Å². The molecule has 1 aromatic carbocycles. The first-order valence-corrected chi connectivity index (χ1v) is 6.96. The van der Waals surface area contributed by atoms with E-state index in [1.807, 2.05) is 32.0 Å². The molecule has 0 saturated heterocycles. The van der Waals surface area contributed by atoms with Crippen molar-refractivity contribution in [1.82, 2.24) is 0 Å². The number of carbonyl (C=O) groups excluding carboxylic acids is 1. The van der Waals surface area contributed by atoms with Crippen molar-refractivity contribution in [3.8, 4) is 5.75 Å². The Bertz CT molecular complexity index is 501. The molecule has 0 radical (unpaired) electrons. The van der Waals surface area contributed by atoms with Gasteiger partial charge in [0.15, 0.2) is 0 Å². The number of amides is 1. The molecule has 0 spiro atoms. The lowest BCUT2D eigenvalue weighted by atomic mass is 10.0. The van der Waals surface area contributed by atoms with Gasteiger partial charge in [0.1, 0.15) is 17.5 Å². The molecule has 0 fully saturated rings. The van der Waals surface area contributed by atoms with Crippen molar-refractivity contribution in [3.05, 3.63) is 22.7 Å². The van der Waals surface area contributed by atoms with Gasteiger partial charge in [-0.25, -0.2) is 0 Å². The highest BCUT2D eigenvalue weighted by Gasteiger charge is 2.36. The molecule has 1 heterocycles. The van der Waals surface area contributed by atoms with Crippen molar-refractivity contribution in [2.24, 2.45) is 0 Å². The molecule has 5 heteroatoms. The average molecular weight is 328 g/mol. The monoisotopic (exact) mass is 327 g/mol. The fraction of sp³-hybridized carbons (Fsp3) is 0.500. The molecule has 1 aliphatic rings. The van der Waals surface area contributed by atoms with Gasteiger partial charge in [0, 0.05) is 11.6 Å². The SMILES string of the molecule is COC(C)C(=O)N1CC(C)(C)Oc2cc(Br)ccc21. The normalized spacial score (nSPS) is 18.5. The Kier molecular flexibility index (Phi) is 3.87. The van der Waals surface area contributed by atoms with Crippen LogP contribution in [0.5, 0.6) is 5.75 Å². The topological polar surface area (TPSA) is 38.8 Å². The molecule has 19 heavy (non-hydrogen) atoms. The predicted molar refractivity (Wildman–Crippen MR) is 77.7 cm³/mol. The van der Waals surface area contributed by atoms with Crippen LogP contribution in [0.25, 0.3) is 0 Å². The molecule has 0 bridgehead atoms. The van der Waals surface area contributed by atoms with Crippen LogP contribution in [0.1, 0.15) is 20.8 Å². The third-order valence-electron chi connectivity index (χ3n) is 3.11. The number of fused-ring (bicyclic) bond motifs is 1. The summed E-state index contributed by atoms with van der Waals surface area (Å²) in [5, 5.41) is 0. The Morgan fingerprint density at radius 2 is 2.21 bits per heavy atom. The van der Waals surface area contributed by atoms with Crippen LogP contribution in [0.4, 0.5) is 5.69 Å². The molecule has 104 valence electrons. The second-order valence-corrected chi connectivity index (χ2v) is 6.19. The van der Waals surface area contributed by atoms with E-state index in [4.69, 9.17) is 9.47 Å². The highest BCUT2D eigenvalue weighted by molar-refractivity contribution is 9.10. The van der Waals surface area contributed by atoms with Gasteiger partial charge in [0.05, 0.1) is 12.2 Å². The number of ether oxygens (including phenoxy) is 2. The van der Waals surface area contributed by atoms with Gasteiger partial charge in [0.25, 0.3) is 5.91 Å². The molecular formula is C14H18BrNO3. The van der Waals surface area contributed by atoms with Gasteiger partial charge >= 0.3 is 0 Å². The molecule has 2 rings (SSSR count). The van der Waals surface area contributed by atoms with E-state index in [1.54, 1.807) is 11.8 Å². The lowest BCUT2D eigenvalue weighted by Gasteiger charge is -2.40. The highest BCUT2D eigenvalue weighted by atomic mass is 79.9. The molecule has 0 N–H and O–H groups in total. The van der Waals surface area contributed by atoms with Gasteiger partial charge in [-0.15, -0.1) is 0 Å². The molecule has 0 aliphatic carbocycles. The summed E-state index contributed by atoms with van der Waals surface area (Å²) in [6.45, 7) is 6.20. The molecule has 1 aromatic rings. The number of carbonyl (C=O) groups is 1. The van der Waals surface area contributed by atoms with E-state index in [0.717, 1.165) is 10.2 Å². The average Bonchev–Trinajstić information content (AvgIpc) is 2.34. The number of methoxy groups -OCH3 is 1. The van der Waals surface area contributed by atoms with Crippen LogP contribution >= 0.6 is 15.9 Å². The number of rotatable bonds is 2. The van der Waals surface area contributed by atoms with Gasteiger partial charge in [-0.2, -0.15) is 0 Å². The molecule has 1 unspecified atom stereocenters. The first-order valence-electron chi connectivity index (χ1n) is 6.17. The van der Waals surface area contributed by atoms with Crippen LogP contribution in [0.2, 0.25) is 0 Å². The largest absolute Gasteiger partial charge is 0.484 e. The van der Waals surface area contributed by atoms with Crippen LogP contribution in [0, 0.1) is 0 Å². The second-order valence-electron chi connectivity index (χ2n) is 5.28. The van der Waals surface area contributed by atoms with E-state index in [-0.39, 0.29) is 5.91 Å². The van der Waals surface area contributed by atoms with Crippen molar-refractivity contribution in [3.63, 3.8) is 0 Å². The van der Waals surface area contributed by atoms with Crippen LogP contribution in [0.15, 0.2) is 22.7 Å². The van der Waals surface area contributed by atoms with Crippen LogP contribution in [0.3, 0.4) is 0 Å². The zero-order chi connectivity index (χ0) is 14.2. The summed E-state index contributed by atoms with van der Waals surface area (Å²) in [7, 11) is 1.54. The zero-order valence-electron chi connectivity index (χ0n) is 11.6. The zero-order valence-corrected chi connectivity index (χ0v) is 13.2. The predicted octanol–water partition coefficient (Wildman–Crippen LogP) is 2.99. The van der Waals surface area contributed by atoms with Gasteiger partial charge in [-0.05, 0) is 39.0 Å². The third-order valence-corrected chi connectivity index (χ3v) is 3.60. The summed E-state index contributed by atoms with van der Waals surface area (Å²) in [6.07, 6.45) is -0.467. The van der Waals surface area contributed by atoms with Crippen molar-refractivity contribution in [2.75, 3.05) is 18.6 Å². The van der Waals surface area contributed by atoms with Crippen LogP contribution in [-0.4, -0.2) is 31.3 Å². The number of hydrogen-bond acceptors (Lipinski definition) is 3. The Hall–Kier alpha value is -1.07. The molecule has 0 aromatic heterocycles. The van der Waals surface area contributed by atoms with Gasteiger partial charge in [-0.3, -0.25) is 4.79 Å². The van der Waals surface area contributed by atoms with Gasteiger partial charge in [0.2, 0.25) is 0 Å². The summed E-state index contributed by atoms with van der Waals surface area (Å²) >= 11 is 3.42. The first-order chi connectivity index (χ1) is 8.84.